The third-order valence-corrected chi connectivity index (χ3v) is 5.19. The largest absolute Gasteiger partial charge is 0.478 e. The molecule has 35 heavy (non-hydrogen) atoms. The highest BCUT2D eigenvalue weighted by Crippen LogP contribution is 2.18. The van der Waals surface area contributed by atoms with Crippen LogP contribution in [0.1, 0.15) is 63.7 Å². The number of benzene rings is 3. The van der Waals surface area contributed by atoms with E-state index in [0.717, 1.165) is 22.3 Å². The van der Waals surface area contributed by atoms with Crippen LogP contribution in [0.4, 0.5) is 0 Å². The summed E-state index contributed by atoms with van der Waals surface area (Å²) in [5, 5.41) is 18.0. The van der Waals surface area contributed by atoms with Crippen LogP contribution < -0.4 is 0 Å². The van der Waals surface area contributed by atoms with E-state index in [0.29, 0.717) is 17.5 Å². The van der Waals surface area contributed by atoms with E-state index in [-0.39, 0.29) is 11.1 Å². The number of hydrogen-bond donors (Lipinski definition) is 2. The van der Waals surface area contributed by atoms with Crippen LogP contribution in [-0.2, 0) is 15.9 Å². The van der Waals surface area contributed by atoms with Crippen molar-refractivity contribution in [1.82, 2.24) is 0 Å². The van der Waals surface area contributed by atoms with Crippen LogP contribution in [0, 0.1) is 13.8 Å². The van der Waals surface area contributed by atoms with Crippen LogP contribution in [-0.4, -0.2) is 48.3 Å². The van der Waals surface area contributed by atoms with Crippen LogP contribution in [0.2, 0.25) is 0 Å². The maximum Gasteiger partial charge on any atom is 0.338 e. The molecule has 0 amide bonds. The first-order valence-corrected chi connectivity index (χ1v) is 10.5. The molecule has 3 aromatic carbocycles. The molecule has 0 saturated heterocycles. The summed E-state index contributed by atoms with van der Waals surface area (Å²) in [5.41, 5.74) is 4.47. The molecule has 0 bridgehead atoms. The van der Waals surface area contributed by atoms with Crippen molar-refractivity contribution in [3.8, 4) is 0 Å². The number of esters is 2. The van der Waals surface area contributed by atoms with Crippen molar-refractivity contribution >= 4 is 23.9 Å². The topological polar surface area (TPSA) is 127 Å². The quantitative estimate of drug-likeness (QED) is 0.494. The minimum Gasteiger partial charge on any atom is -0.478 e. The Labute approximate surface area is 202 Å². The molecule has 8 nitrogen and oxygen atoms in total. The summed E-state index contributed by atoms with van der Waals surface area (Å²) in [5.74, 6) is -2.96. The molecular formula is C27H26O8. The van der Waals surface area contributed by atoms with Crippen LogP contribution in [0.25, 0.3) is 0 Å². The van der Waals surface area contributed by atoms with Gasteiger partial charge in [0.2, 0.25) is 0 Å². The number of hydrogen-bond acceptors (Lipinski definition) is 6. The van der Waals surface area contributed by atoms with E-state index in [1.165, 1.54) is 26.4 Å². The highest BCUT2D eigenvalue weighted by molar-refractivity contribution is 6.03. The number of rotatable bonds is 6. The predicted octanol–water partition coefficient (Wildman–Crippen LogP) is 4.55. The Morgan fingerprint density at radius 1 is 0.629 bits per heavy atom. The number of methoxy groups -OCH3 is 2. The summed E-state index contributed by atoms with van der Waals surface area (Å²) in [7, 11) is 2.52. The second-order valence-corrected chi connectivity index (χ2v) is 7.61. The monoisotopic (exact) mass is 478 g/mol. The summed E-state index contributed by atoms with van der Waals surface area (Å²) >= 11 is 0. The molecule has 0 unspecified atom stereocenters. The molecule has 0 aliphatic carbocycles. The Morgan fingerprint density at radius 2 is 1.00 bits per heavy atom. The summed E-state index contributed by atoms with van der Waals surface area (Å²) < 4.78 is 9.05. The van der Waals surface area contributed by atoms with Gasteiger partial charge >= 0.3 is 23.9 Å². The zero-order chi connectivity index (χ0) is 26.1. The van der Waals surface area contributed by atoms with Crippen molar-refractivity contribution in [2.75, 3.05) is 14.2 Å². The summed E-state index contributed by atoms with van der Waals surface area (Å²) in [4.78, 5) is 44.4. The minimum absolute atomic E-state index is 0.210. The van der Waals surface area contributed by atoms with Gasteiger partial charge in [-0.05, 0) is 66.8 Å². The number of carbonyl (C=O) groups excluding carboxylic acids is 2. The molecule has 182 valence electrons. The fourth-order valence-electron chi connectivity index (χ4n) is 3.45. The number of carboxylic acid groups (broad SMARTS) is 2. The number of carbonyl (C=O) groups is 4. The molecule has 0 fully saturated rings. The molecule has 0 saturated carbocycles. The van der Waals surface area contributed by atoms with Crippen molar-refractivity contribution in [2.24, 2.45) is 0 Å². The molecule has 0 aromatic heterocycles. The van der Waals surface area contributed by atoms with Gasteiger partial charge in [-0.25, -0.2) is 19.2 Å². The maximum absolute atomic E-state index is 11.2. The molecule has 0 aliphatic heterocycles. The van der Waals surface area contributed by atoms with Crippen molar-refractivity contribution in [3.05, 3.63) is 105 Å². The summed E-state index contributed by atoms with van der Waals surface area (Å²) in [6.45, 7) is 3.54. The molecule has 0 radical (unpaired) electrons. The van der Waals surface area contributed by atoms with Crippen molar-refractivity contribution in [2.45, 2.75) is 20.3 Å². The standard InChI is InChI=1S/C17H16O4.C10H10O4/c1-10-7-12(3-5-14(10)16(18)19)9-13-4-6-15(17(20)21)11(2)8-13;1-13-9(11)7-5-3-4-6-8(7)10(12)14-2/h3-8H,9H2,1-2H3,(H,18,19)(H,20,21);3-6H,1-2H3. The fourth-order valence-corrected chi connectivity index (χ4v) is 3.45. The number of aromatic carboxylic acids is 2. The van der Waals surface area contributed by atoms with E-state index in [4.69, 9.17) is 10.2 Å². The average Bonchev–Trinajstić information content (AvgIpc) is 2.83. The molecule has 0 aliphatic rings. The average molecular weight is 478 g/mol. The van der Waals surface area contributed by atoms with Gasteiger partial charge in [0, 0.05) is 0 Å². The third-order valence-electron chi connectivity index (χ3n) is 5.19. The number of aryl methyl sites for hydroxylation is 2. The molecule has 0 heterocycles. The van der Waals surface area contributed by atoms with E-state index >= 15 is 0 Å². The SMILES string of the molecule is COC(=O)c1ccccc1C(=O)OC.Cc1cc(Cc2ccc(C(=O)O)c(C)c2)ccc1C(=O)O. The Bertz CT molecular complexity index is 1160. The van der Waals surface area contributed by atoms with Gasteiger partial charge in [0.15, 0.2) is 0 Å². The van der Waals surface area contributed by atoms with E-state index in [9.17, 15) is 19.2 Å². The first-order valence-electron chi connectivity index (χ1n) is 10.5. The lowest BCUT2D eigenvalue weighted by molar-refractivity contribution is 0.0555. The highest BCUT2D eigenvalue weighted by atomic mass is 16.5. The Kier molecular flexibility index (Phi) is 9.28. The van der Waals surface area contributed by atoms with Gasteiger partial charge in [0.05, 0.1) is 36.5 Å². The summed E-state index contributed by atoms with van der Waals surface area (Å²) in [6.07, 6.45) is 0.640. The first kappa shape index (κ1) is 26.8. The maximum atomic E-state index is 11.2. The van der Waals surface area contributed by atoms with Crippen LogP contribution in [0.15, 0.2) is 60.7 Å². The number of ether oxygens (including phenoxy) is 2. The smallest absolute Gasteiger partial charge is 0.338 e. The van der Waals surface area contributed by atoms with Crippen molar-refractivity contribution in [3.63, 3.8) is 0 Å². The van der Waals surface area contributed by atoms with Gasteiger partial charge in [0.25, 0.3) is 0 Å². The third kappa shape index (κ3) is 7.01. The van der Waals surface area contributed by atoms with E-state index < -0.39 is 23.9 Å². The van der Waals surface area contributed by atoms with Crippen molar-refractivity contribution in [1.29, 1.82) is 0 Å². The van der Waals surface area contributed by atoms with Crippen LogP contribution in [0.3, 0.4) is 0 Å². The van der Waals surface area contributed by atoms with Crippen LogP contribution >= 0.6 is 0 Å². The highest BCUT2D eigenvalue weighted by Gasteiger charge is 2.16. The fraction of sp³-hybridized carbons (Fsp3) is 0.185. The molecular weight excluding hydrogens is 452 g/mol. The van der Waals surface area contributed by atoms with Gasteiger partial charge in [-0.2, -0.15) is 0 Å². The lowest BCUT2D eigenvalue weighted by Gasteiger charge is -2.08. The van der Waals surface area contributed by atoms with Gasteiger partial charge in [-0.15, -0.1) is 0 Å². The normalized spacial score (nSPS) is 9.94. The lowest BCUT2D eigenvalue weighted by atomic mass is 9.97. The molecule has 3 rings (SSSR count). The second kappa shape index (κ2) is 12.1. The Hall–Kier alpha value is -4.46. The molecule has 2 N–H and O–H groups in total. The van der Waals surface area contributed by atoms with Gasteiger partial charge in [-0.3, -0.25) is 0 Å². The van der Waals surface area contributed by atoms with Crippen molar-refractivity contribution < 1.29 is 38.9 Å². The van der Waals surface area contributed by atoms with Crippen LogP contribution in [0.5, 0.6) is 0 Å². The van der Waals surface area contributed by atoms with Gasteiger partial charge < -0.3 is 19.7 Å². The van der Waals surface area contributed by atoms with E-state index in [1.54, 1.807) is 50.2 Å². The number of carboxylic acids is 2. The first-order chi connectivity index (χ1) is 16.6. The molecule has 3 aromatic rings. The molecule has 8 heteroatoms. The Morgan fingerprint density at radius 3 is 1.29 bits per heavy atom. The zero-order valence-electron chi connectivity index (χ0n) is 19.8. The van der Waals surface area contributed by atoms with E-state index in [1.807, 2.05) is 12.1 Å². The predicted molar refractivity (Wildman–Crippen MR) is 128 cm³/mol. The van der Waals surface area contributed by atoms with Gasteiger partial charge in [0.1, 0.15) is 0 Å². The zero-order valence-corrected chi connectivity index (χ0v) is 19.8. The second-order valence-electron chi connectivity index (χ2n) is 7.61. The minimum atomic E-state index is -0.930. The molecule has 0 spiro atoms. The molecule has 0 atom stereocenters. The summed E-state index contributed by atoms with van der Waals surface area (Å²) in [6, 6.07) is 16.8. The van der Waals surface area contributed by atoms with E-state index in [2.05, 4.69) is 9.47 Å². The Balaban J connectivity index is 0.000000269. The van der Waals surface area contributed by atoms with Gasteiger partial charge in [-0.1, -0.05) is 36.4 Å². The lowest BCUT2D eigenvalue weighted by Crippen LogP contribution is -2.11.